The van der Waals surface area contributed by atoms with Crippen LogP contribution in [0.3, 0.4) is 0 Å². The van der Waals surface area contributed by atoms with Crippen LogP contribution < -0.4 is 10.2 Å². The highest BCUT2D eigenvalue weighted by Gasteiger charge is 2.29. The number of rotatable bonds is 4. The van der Waals surface area contributed by atoms with Crippen LogP contribution in [0.15, 0.2) is 36.4 Å². The van der Waals surface area contributed by atoms with E-state index in [0.29, 0.717) is 62.8 Å². The van der Waals surface area contributed by atoms with Gasteiger partial charge in [0.25, 0.3) is 5.91 Å². The van der Waals surface area contributed by atoms with Gasteiger partial charge in [0.2, 0.25) is 5.91 Å². The molecule has 1 atom stereocenters. The van der Waals surface area contributed by atoms with Crippen LogP contribution in [0, 0.1) is 25.6 Å². The van der Waals surface area contributed by atoms with E-state index in [9.17, 15) is 14.0 Å². The summed E-state index contributed by atoms with van der Waals surface area (Å²) in [5.74, 6) is -0.905. The number of likely N-dealkylation sites (tertiary alicyclic amines) is 1. The van der Waals surface area contributed by atoms with Gasteiger partial charge in [-0.05, 0) is 57.0 Å². The number of hydrogen-bond acceptors (Lipinski definition) is 4. The monoisotopic (exact) mass is 439 g/mol. The number of morpholine rings is 1. The fourth-order valence-corrected chi connectivity index (χ4v) is 4.55. The van der Waals surface area contributed by atoms with Crippen LogP contribution in [-0.2, 0) is 9.53 Å². The van der Waals surface area contributed by atoms with E-state index >= 15 is 0 Å². The van der Waals surface area contributed by atoms with Crippen molar-refractivity contribution in [2.75, 3.05) is 49.6 Å². The molecule has 0 aliphatic carbocycles. The summed E-state index contributed by atoms with van der Waals surface area (Å²) in [7, 11) is 0. The first-order chi connectivity index (χ1) is 15.4. The Labute approximate surface area is 188 Å². The van der Waals surface area contributed by atoms with Crippen molar-refractivity contribution in [2.24, 2.45) is 5.92 Å². The number of carbonyl (C=O) groups excluding carboxylic acids is 2. The van der Waals surface area contributed by atoms with Gasteiger partial charge in [0.1, 0.15) is 5.82 Å². The number of hydrogen-bond donors (Lipinski definition) is 1. The summed E-state index contributed by atoms with van der Waals surface area (Å²) in [6, 6.07) is 10.6. The van der Waals surface area contributed by atoms with Crippen molar-refractivity contribution in [1.82, 2.24) is 4.90 Å². The molecular formula is C25H30FN3O3. The summed E-state index contributed by atoms with van der Waals surface area (Å²) in [4.78, 5) is 29.6. The zero-order chi connectivity index (χ0) is 22.7. The van der Waals surface area contributed by atoms with E-state index in [1.807, 2.05) is 36.9 Å². The fraction of sp³-hybridized carbons (Fsp3) is 0.440. The SMILES string of the molecule is Cc1cc(C)cc(C(=O)N2CCCC(C(=O)Nc3ccc(N4CCOCC4)c(F)c3)C2)c1. The van der Waals surface area contributed by atoms with Gasteiger partial charge in [0.15, 0.2) is 0 Å². The Bertz CT molecular complexity index is 984. The molecule has 0 saturated carbocycles. The lowest BCUT2D eigenvalue weighted by molar-refractivity contribution is -0.121. The van der Waals surface area contributed by atoms with Gasteiger partial charge < -0.3 is 19.9 Å². The molecule has 1 N–H and O–H groups in total. The second-order valence-corrected chi connectivity index (χ2v) is 8.72. The van der Waals surface area contributed by atoms with Crippen molar-refractivity contribution < 1.29 is 18.7 Å². The lowest BCUT2D eigenvalue weighted by Crippen LogP contribution is -2.43. The van der Waals surface area contributed by atoms with E-state index < -0.39 is 0 Å². The van der Waals surface area contributed by atoms with Crippen molar-refractivity contribution in [3.8, 4) is 0 Å². The highest BCUT2D eigenvalue weighted by Crippen LogP contribution is 2.25. The molecule has 6 nitrogen and oxygen atoms in total. The predicted octanol–water partition coefficient (Wildman–Crippen LogP) is 3.77. The molecule has 0 radical (unpaired) electrons. The minimum absolute atomic E-state index is 0.0461. The lowest BCUT2D eigenvalue weighted by atomic mass is 9.96. The Balaban J connectivity index is 1.40. The Morgan fingerprint density at radius 1 is 1.03 bits per heavy atom. The molecule has 7 heteroatoms. The van der Waals surface area contributed by atoms with Crippen LogP contribution in [0.25, 0.3) is 0 Å². The molecule has 2 fully saturated rings. The van der Waals surface area contributed by atoms with Crippen LogP contribution in [-0.4, -0.2) is 56.1 Å². The molecule has 0 aromatic heterocycles. The first-order valence-electron chi connectivity index (χ1n) is 11.2. The number of ether oxygens (including phenoxy) is 1. The average molecular weight is 440 g/mol. The maximum absolute atomic E-state index is 14.7. The van der Waals surface area contributed by atoms with Crippen molar-refractivity contribution in [2.45, 2.75) is 26.7 Å². The zero-order valence-corrected chi connectivity index (χ0v) is 18.7. The molecule has 4 rings (SSSR count). The number of nitrogens with one attached hydrogen (secondary N) is 1. The van der Waals surface area contributed by atoms with E-state index in [2.05, 4.69) is 5.32 Å². The van der Waals surface area contributed by atoms with Gasteiger partial charge >= 0.3 is 0 Å². The Kier molecular flexibility index (Phi) is 6.74. The van der Waals surface area contributed by atoms with E-state index in [4.69, 9.17) is 4.74 Å². The van der Waals surface area contributed by atoms with Gasteiger partial charge in [0.05, 0.1) is 24.8 Å². The molecule has 1 unspecified atom stereocenters. The van der Waals surface area contributed by atoms with Crippen molar-refractivity contribution in [3.05, 3.63) is 58.9 Å². The molecule has 2 aliphatic heterocycles. The standard InChI is InChI=1S/C25H30FN3O3/c1-17-12-18(2)14-20(13-17)25(31)29-7-3-4-19(16-29)24(30)27-21-5-6-23(22(26)15-21)28-8-10-32-11-9-28/h5-6,12-15,19H,3-4,7-11,16H2,1-2H3,(H,27,30). The average Bonchev–Trinajstić information content (AvgIpc) is 2.78. The highest BCUT2D eigenvalue weighted by molar-refractivity contribution is 5.96. The maximum atomic E-state index is 14.7. The second kappa shape index (κ2) is 9.69. The molecule has 32 heavy (non-hydrogen) atoms. The van der Waals surface area contributed by atoms with Crippen LogP contribution in [0.5, 0.6) is 0 Å². The Morgan fingerprint density at radius 2 is 1.75 bits per heavy atom. The summed E-state index contributed by atoms with van der Waals surface area (Å²) < 4.78 is 20.0. The third-order valence-electron chi connectivity index (χ3n) is 6.12. The summed E-state index contributed by atoms with van der Waals surface area (Å²) in [5, 5.41) is 2.84. The topological polar surface area (TPSA) is 61.9 Å². The predicted molar refractivity (Wildman–Crippen MR) is 123 cm³/mol. The molecule has 0 bridgehead atoms. The third kappa shape index (κ3) is 5.10. The smallest absolute Gasteiger partial charge is 0.253 e. The highest BCUT2D eigenvalue weighted by atomic mass is 19.1. The van der Waals surface area contributed by atoms with Crippen molar-refractivity contribution >= 4 is 23.2 Å². The summed E-state index contributed by atoms with van der Waals surface area (Å²) in [6.45, 7) is 7.40. The van der Waals surface area contributed by atoms with Crippen molar-refractivity contribution in [1.29, 1.82) is 0 Å². The molecule has 0 spiro atoms. The Hall–Kier alpha value is -2.93. The fourth-order valence-electron chi connectivity index (χ4n) is 4.55. The zero-order valence-electron chi connectivity index (χ0n) is 18.7. The van der Waals surface area contributed by atoms with Gasteiger partial charge in [-0.15, -0.1) is 0 Å². The molecule has 2 aromatic carbocycles. The molecule has 2 heterocycles. The molecule has 2 aliphatic rings. The summed E-state index contributed by atoms with van der Waals surface area (Å²) >= 11 is 0. The number of amides is 2. The largest absolute Gasteiger partial charge is 0.378 e. The van der Waals surface area contributed by atoms with E-state index in [0.717, 1.165) is 17.5 Å². The molecule has 2 amide bonds. The minimum atomic E-state index is -0.361. The number of anilines is 2. The normalized spacial score (nSPS) is 19.0. The van der Waals surface area contributed by atoms with E-state index in [1.165, 1.54) is 6.07 Å². The number of halogens is 1. The Morgan fingerprint density at radius 3 is 2.44 bits per heavy atom. The summed E-state index contributed by atoms with van der Waals surface area (Å²) in [5.41, 5.74) is 3.70. The number of nitrogens with zero attached hydrogens (tertiary/aromatic N) is 2. The molecule has 2 aromatic rings. The van der Waals surface area contributed by atoms with Gasteiger partial charge in [-0.2, -0.15) is 0 Å². The van der Waals surface area contributed by atoms with Gasteiger partial charge in [0, 0.05) is 37.4 Å². The quantitative estimate of drug-likeness (QED) is 0.788. The van der Waals surface area contributed by atoms with Crippen LogP contribution in [0.1, 0.15) is 34.3 Å². The number of carbonyl (C=O) groups is 2. The third-order valence-corrected chi connectivity index (χ3v) is 6.12. The summed E-state index contributed by atoms with van der Waals surface area (Å²) in [6.07, 6.45) is 1.47. The molecule has 2 saturated heterocycles. The van der Waals surface area contributed by atoms with Crippen LogP contribution >= 0.6 is 0 Å². The van der Waals surface area contributed by atoms with E-state index in [-0.39, 0.29) is 23.5 Å². The molecule has 170 valence electrons. The minimum Gasteiger partial charge on any atom is -0.378 e. The van der Waals surface area contributed by atoms with Crippen molar-refractivity contribution in [3.63, 3.8) is 0 Å². The van der Waals surface area contributed by atoms with Crippen LogP contribution in [0.4, 0.5) is 15.8 Å². The molecular weight excluding hydrogens is 409 g/mol. The van der Waals surface area contributed by atoms with E-state index in [1.54, 1.807) is 17.0 Å². The lowest BCUT2D eigenvalue weighted by Gasteiger charge is -2.32. The maximum Gasteiger partial charge on any atom is 0.253 e. The number of benzene rings is 2. The number of aryl methyl sites for hydroxylation is 2. The first kappa shape index (κ1) is 22.3. The second-order valence-electron chi connectivity index (χ2n) is 8.72. The van der Waals surface area contributed by atoms with Gasteiger partial charge in [-0.3, -0.25) is 9.59 Å². The van der Waals surface area contributed by atoms with Gasteiger partial charge in [-0.1, -0.05) is 17.2 Å². The van der Waals surface area contributed by atoms with Crippen LogP contribution in [0.2, 0.25) is 0 Å². The van der Waals surface area contributed by atoms with Gasteiger partial charge in [-0.25, -0.2) is 4.39 Å². The number of piperidine rings is 1. The first-order valence-corrected chi connectivity index (χ1v) is 11.2.